The van der Waals surface area contributed by atoms with E-state index >= 15 is 0 Å². The van der Waals surface area contributed by atoms with Gasteiger partial charge in [-0.3, -0.25) is 9.59 Å². The maximum Gasteiger partial charge on any atom is 0.255 e. The molecule has 2 aromatic rings. The van der Waals surface area contributed by atoms with Crippen molar-refractivity contribution in [3.05, 3.63) is 64.7 Å². The molecular weight excluding hydrogens is 278 g/mol. The van der Waals surface area contributed by atoms with Gasteiger partial charge in [-0.2, -0.15) is 0 Å². The Balaban J connectivity index is 1.75. The van der Waals surface area contributed by atoms with Gasteiger partial charge in [0.15, 0.2) is 5.78 Å². The second-order valence-electron chi connectivity index (χ2n) is 5.37. The first-order chi connectivity index (χ1) is 10.6. The number of anilines is 1. The fraction of sp³-hybridized carbons (Fsp3) is 0.222. The van der Waals surface area contributed by atoms with Crippen LogP contribution in [0.3, 0.4) is 0 Å². The molecule has 0 fully saturated rings. The number of carbonyl (C=O) groups excluding carboxylic acids is 2. The minimum Gasteiger partial charge on any atom is -0.376 e. The van der Waals surface area contributed by atoms with Gasteiger partial charge in [-0.1, -0.05) is 6.07 Å². The molecule has 1 heterocycles. The number of carbonyl (C=O) groups is 2. The molecule has 4 heteroatoms. The minimum atomic E-state index is -0.163. The van der Waals surface area contributed by atoms with Gasteiger partial charge in [0.05, 0.1) is 13.2 Å². The van der Waals surface area contributed by atoms with E-state index in [0.29, 0.717) is 23.4 Å². The Morgan fingerprint density at radius 2 is 1.73 bits per heavy atom. The summed E-state index contributed by atoms with van der Waals surface area (Å²) in [5.41, 5.74) is 4.23. The number of ketones is 1. The average Bonchev–Trinajstić information content (AvgIpc) is 2.55. The molecule has 4 nitrogen and oxygen atoms in total. The van der Waals surface area contributed by atoms with Gasteiger partial charge in [0.1, 0.15) is 0 Å². The lowest BCUT2D eigenvalue weighted by Crippen LogP contribution is -2.15. The Labute approximate surface area is 129 Å². The monoisotopic (exact) mass is 295 g/mol. The maximum atomic E-state index is 12.3. The number of hydrogen-bond donors (Lipinski definition) is 1. The van der Waals surface area contributed by atoms with E-state index in [2.05, 4.69) is 5.32 Å². The third kappa shape index (κ3) is 3.07. The summed E-state index contributed by atoms with van der Waals surface area (Å²) in [7, 11) is 0. The van der Waals surface area contributed by atoms with E-state index < -0.39 is 0 Å². The highest BCUT2D eigenvalue weighted by Gasteiger charge is 2.13. The predicted octanol–water partition coefficient (Wildman–Crippen LogP) is 3.21. The van der Waals surface area contributed by atoms with Gasteiger partial charge in [-0.05, 0) is 60.9 Å². The van der Waals surface area contributed by atoms with Crippen molar-refractivity contribution in [2.75, 3.05) is 11.9 Å². The molecule has 3 rings (SSSR count). The fourth-order valence-electron chi connectivity index (χ4n) is 2.50. The summed E-state index contributed by atoms with van der Waals surface area (Å²) in [6.45, 7) is 2.81. The number of ether oxygens (including phenoxy) is 1. The van der Waals surface area contributed by atoms with Gasteiger partial charge in [0.25, 0.3) is 5.91 Å². The highest BCUT2D eigenvalue weighted by molar-refractivity contribution is 6.04. The Hall–Kier alpha value is -2.46. The van der Waals surface area contributed by atoms with Crippen molar-refractivity contribution in [1.82, 2.24) is 0 Å². The number of Topliss-reactive ketones (excluding diaryl/α,β-unsaturated/α-hetero) is 1. The number of hydrogen-bond acceptors (Lipinski definition) is 3. The lowest BCUT2D eigenvalue weighted by atomic mass is 10.00. The predicted molar refractivity (Wildman–Crippen MR) is 84.2 cm³/mol. The van der Waals surface area contributed by atoms with E-state index in [1.165, 1.54) is 12.5 Å². The third-order valence-electron chi connectivity index (χ3n) is 3.79. The molecule has 0 aliphatic carbocycles. The quantitative estimate of drug-likeness (QED) is 0.885. The molecule has 0 saturated carbocycles. The van der Waals surface area contributed by atoms with Gasteiger partial charge >= 0.3 is 0 Å². The summed E-state index contributed by atoms with van der Waals surface area (Å²) in [6.07, 6.45) is 0.893. The molecule has 112 valence electrons. The van der Waals surface area contributed by atoms with E-state index in [4.69, 9.17) is 4.74 Å². The second kappa shape index (κ2) is 6.12. The lowest BCUT2D eigenvalue weighted by Gasteiger charge is -2.17. The van der Waals surface area contributed by atoms with Crippen molar-refractivity contribution < 1.29 is 14.3 Å². The topological polar surface area (TPSA) is 55.4 Å². The first-order valence-corrected chi connectivity index (χ1v) is 7.25. The van der Waals surface area contributed by atoms with Crippen molar-refractivity contribution in [1.29, 1.82) is 0 Å². The number of fused-ring (bicyclic) bond motifs is 1. The standard InChI is InChI=1S/C18H17NO3/c1-12(20)13-4-6-17(7-5-13)19-18(21)15-3-2-14-8-9-22-11-16(14)10-15/h2-7,10H,8-9,11H2,1H3,(H,19,21). The first-order valence-electron chi connectivity index (χ1n) is 7.25. The largest absolute Gasteiger partial charge is 0.376 e. The van der Waals surface area contributed by atoms with Crippen molar-refractivity contribution in [3.8, 4) is 0 Å². The smallest absolute Gasteiger partial charge is 0.255 e. The zero-order valence-corrected chi connectivity index (χ0v) is 12.4. The maximum absolute atomic E-state index is 12.3. The van der Waals surface area contributed by atoms with Crippen molar-refractivity contribution in [2.24, 2.45) is 0 Å². The molecular formula is C18H17NO3. The van der Waals surface area contributed by atoms with Crippen molar-refractivity contribution in [2.45, 2.75) is 20.0 Å². The highest BCUT2D eigenvalue weighted by atomic mass is 16.5. The zero-order chi connectivity index (χ0) is 15.5. The molecule has 0 atom stereocenters. The fourth-order valence-corrected chi connectivity index (χ4v) is 2.50. The molecule has 1 aliphatic heterocycles. The molecule has 0 radical (unpaired) electrons. The van der Waals surface area contributed by atoms with Crippen LogP contribution in [0.15, 0.2) is 42.5 Å². The number of benzene rings is 2. The van der Waals surface area contributed by atoms with Gasteiger partial charge in [-0.15, -0.1) is 0 Å². The lowest BCUT2D eigenvalue weighted by molar-refractivity contribution is 0.101. The van der Waals surface area contributed by atoms with E-state index in [-0.39, 0.29) is 11.7 Å². The molecule has 1 N–H and O–H groups in total. The molecule has 1 amide bonds. The van der Waals surface area contributed by atoms with Crippen LogP contribution in [0.2, 0.25) is 0 Å². The SMILES string of the molecule is CC(=O)c1ccc(NC(=O)c2ccc3c(c2)COCC3)cc1. The van der Waals surface area contributed by atoms with Gasteiger partial charge in [0, 0.05) is 16.8 Å². The molecule has 0 unspecified atom stereocenters. The number of rotatable bonds is 3. The van der Waals surface area contributed by atoms with Crippen LogP contribution in [0, 0.1) is 0 Å². The highest BCUT2D eigenvalue weighted by Crippen LogP contribution is 2.19. The molecule has 0 bridgehead atoms. The normalized spacial score (nSPS) is 13.3. The van der Waals surface area contributed by atoms with E-state index in [9.17, 15) is 9.59 Å². The molecule has 1 aliphatic rings. The Kier molecular flexibility index (Phi) is 4.02. The van der Waals surface area contributed by atoms with Gasteiger partial charge in [0.2, 0.25) is 0 Å². The Morgan fingerprint density at radius 1 is 1.00 bits per heavy atom. The van der Waals surface area contributed by atoms with Crippen LogP contribution in [0.4, 0.5) is 5.69 Å². The summed E-state index contributed by atoms with van der Waals surface area (Å²) in [5, 5.41) is 2.84. The second-order valence-corrected chi connectivity index (χ2v) is 5.37. The summed E-state index contributed by atoms with van der Waals surface area (Å²) in [6, 6.07) is 12.6. The van der Waals surface area contributed by atoms with Crippen LogP contribution in [0.1, 0.15) is 38.8 Å². The number of nitrogens with one attached hydrogen (secondary N) is 1. The Bertz CT molecular complexity index is 720. The van der Waals surface area contributed by atoms with Crippen LogP contribution < -0.4 is 5.32 Å². The molecule has 2 aromatic carbocycles. The molecule has 0 aromatic heterocycles. The summed E-state index contributed by atoms with van der Waals surface area (Å²) < 4.78 is 5.42. The van der Waals surface area contributed by atoms with Crippen LogP contribution in [0.25, 0.3) is 0 Å². The Morgan fingerprint density at radius 3 is 2.45 bits per heavy atom. The van der Waals surface area contributed by atoms with Crippen LogP contribution in [-0.2, 0) is 17.8 Å². The summed E-state index contributed by atoms with van der Waals surface area (Å²) >= 11 is 0. The molecule has 0 saturated heterocycles. The van der Waals surface area contributed by atoms with Crippen LogP contribution in [-0.4, -0.2) is 18.3 Å². The van der Waals surface area contributed by atoms with E-state index in [1.807, 2.05) is 18.2 Å². The zero-order valence-electron chi connectivity index (χ0n) is 12.4. The van der Waals surface area contributed by atoms with Crippen LogP contribution in [0.5, 0.6) is 0 Å². The molecule has 0 spiro atoms. The average molecular weight is 295 g/mol. The van der Waals surface area contributed by atoms with E-state index in [0.717, 1.165) is 18.6 Å². The van der Waals surface area contributed by atoms with Gasteiger partial charge < -0.3 is 10.1 Å². The number of amides is 1. The van der Waals surface area contributed by atoms with E-state index in [1.54, 1.807) is 24.3 Å². The summed E-state index contributed by atoms with van der Waals surface area (Å²) in [4.78, 5) is 23.5. The van der Waals surface area contributed by atoms with Crippen LogP contribution >= 0.6 is 0 Å². The third-order valence-corrected chi connectivity index (χ3v) is 3.79. The van der Waals surface area contributed by atoms with Gasteiger partial charge in [-0.25, -0.2) is 0 Å². The first kappa shape index (κ1) is 14.5. The summed E-state index contributed by atoms with van der Waals surface area (Å²) in [5.74, 6) is -0.156. The molecule has 22 heavy (non-hydrogen) atoms. The van der Waals surface area contributed by atoms with Crippen molar-refractivity contribution in [3.63, 3.8) is 0 Å². The minimum absolute atomic E-state index is 0.00700. The van der Waals surface area contributed by atoms with Crippen molar-refractivity contribution >= 4 is 17.4 Å².